The Morgan fingerprint density at radius 2 is 1.89 bits per heavy atom. The van der Waals surface area contributed by atoms with Crippen LogP contribution < -0.4 is 9.44 Å². The second-order valence-electron chi connectivity index (χ2n) is 5.31. The molecule has 1 aromatic heterocycles. The van der Waals surface area contributed by atoms with Crippen LogP contribution in [0.15, 0.2) is 28.5 Å². The zero-order valence-electron chi connectivity index (χ0n) is 13.5. The molecule has 0 amide bonds. The predicted molar refractivity (Wildman–Crippen MR) is 95.8 cm³/mol. The Kier molecular flexibility index (Phi) is 6.41. The molecule has 2 N–H and O–H groups in total. The van der Waals surface area contributed by atoms with Gasteiger partial charge in [0.2, 0.25) is 10.0 Å². The predicted octanol–water partition coefficient (Wildman–Crippen LogP) is 2.89. The molecule has 0 radical (unpaired) electrons. The van der Waals surface area contributed by atoms with Crippen LogP contribution in [0.3, 0.4) is 0 Å². The van der Waals surface area contributed by atoms with Gasteiger partial charge in [0.1, 0.15) is 12.3 Å². The molecule has 0 saturated carbocycles. The highest BCUT2D eigenvalue weighted by Gasteiger charge is 2.30. The number of hydrogen-bond acceptors (Lipinski definition) is 6. The van der Waals surface area contributed by atoms with Gasteiger partial charge in [-0.05, 0) is 24.6 Å². The molecule has 7 nitrogen and oxygen atoms in total. The fourth-order valence-corrected chi connectivity index (χ4v) is 5.50. The fourth-order valence-electron chi connectivity index (χ4n) is 1.91. The van der Waals surface area contributed by atoms with Crippen LogP contribution in [0.4, 0.5) is 18.3 Å². The van der Waals surface area contributed by atoms with Crippen LogP contribution in [-0.4, -0.2) is 34.5 Å². The summed E-state index contributed by atoms with van der Waals surface area (Å²) >= 11 is 6.70. The number of nitrogens with zero attached hydrogens (tertiary/aromatic N) is 1. The van der Waals surface area contributed by atoms with Gasteiger partial charge in [0.05, 0.1) is 10.6 Å². The molecule has 1 aromatic carbocycles. The van der Waals surface area contributed by atoms with Gasteiger partial charge >= 0.3 is 6.18 Å². The smallest absolute Gasteiger partial charge is 0.255 e. The first-order valence-electron chi connectivity index (χ1n) is 7.05. The first kappa shape index (κ1) is 21.9. The molecule has 2 aromatic rings. The molecule has 0 unspecified atom stereocenters. The molecule has 27 heavy (non-hydrogen) atoms. The lowest BCUT2D eigenvalue weighted by molar-refractivity contribution is -0.121. The van der Waals surface area contributed by atoms with Crippen molar-refractivity contribution in [1.29, 1.82) is 0 Å². The third kappa shape index (κ3) is 6.31. The molecule has 0 fully saturated rings. The topological polar surface area (TPSA) is 105 Å². The van der Waals surface area contributed by atoms with E-state index in [1.165, 1.54) is 35.2 Å². The molecule has 14 heteroatoms. The van der Waals surface area contributed by atoms with Crippen LogP contribution in [0.1, 0.15) is 11.3 Å². The lowest BCUT2D eigenvalue weighted by Gasteiger charge is -2.09. The van der Waals surface area contributed by atoms with E-state index in [0.717, 1.165) is 11.3 Å². The Morgan fingerprint density at radius 1 is 1.22 bits per heavy atom. The van der Waals surface area contributed by atoms with Gasteiger partial charge in [0, 0.05) is 10.4 Å². The van der Waals surface area contributed by atoms with E-state index in [-0.39, 0.29) is 20.7 Å². The van der Waals surface area contributed by atoms with Crippen molar-refractivity contribution < 1.29 is 30.0 Å². The van der Waals surface area contributed by atoms with Gasteiger partial charge in [-0.1, -0.05) is 17.7 Å². The maximum absolute atomic E-state index is 12.4. The summed E-state index contributed by atoms with van der Waals surface area (Å²) in [6.07, 6.45) is -4.69. The third-order valence-corrected chi connectivity index (χ3v) is 7.20. The van der Waals surface area contributed by atoms with Gasteiger partial charge in [-0.25, -0.2) is 26.5 Å². The minimum atomic E-state index is -4.69. The summed E-state index contributed by atoms with van der Waals surface area (Å²) in [5.74, 6) is -0.822. The molecule has 0 atom stereocenters. The van der Waals surface area contributed by atoms with Gasteiger partial charge in [0.15, 0.2) is 5.13 Å². The summed E-state index contributed by atoms with van der Waals surface area (Å²) in [6.45, 7) is -0.184. The molecular weight excluding hydrogens is 451 g/mol. The highest BCUT2D eigenvalue weighted by molar-refractivity contribution is 7.93. The van der Waals surface area contributed by atoms with Crippen molar-refractivity contribution in [3.05, 3.63) is 39.9 Å². The molecule has 150 valence electrons. The normalized spacial score (nSPS) is 12.9. The summed E-state index contributed by atoms with van der Waals surface area (Å²) in [6, 6.07) is 4.32. The van der Waals surface area contributed by atoms with Crippen molar-refractivity contribution in [2.75, 3.05) is 11.3 Å². The second-order valence-corrected chi connectivity index (χ2v) is 10.0. The van der Waals surface area contributed by atoms with Crippen LogP contribution in [0, 0.1) is 6.92 Å². The Bertz CT molecular complexity index is 1040. The number of halogens is 4. The van der Waals surface area contributed by atoms with Crippen molar-refractivity contribution in [3.8, 4) is 0 Å². The number of alkyl halides is 3. The molecule has 0 aliphatic heterocycles. The Balaban J connectivity index is 2.13. The molecule has 2 rings (SSSR count). The molecule has 0 bridgehead atoms. The lowest BCUT2D eigenvalue weighted by Crippen LogP contribution is -2.34. The van der Waals surface area contributed by atoms with Crippen LogP contribution in [0.2, 0.25) is 5.02 Å². The Labute approximate surface area is 162 Å². The number of rotatable bonds is 7. The standard InChI is InChI=1S/C13H13ClF3N3O4S3/c1-8-10(14)3-2-4-11(8)27(23,24)20-12-19-9(5-25-12)6-26(21,22)18-7-13(15,16)17/h2-5,18H,6-7H2,1H3,(H,19,20). The summed E-state index contributed by atoms with van der Waals surface area (Å²) in [5.41, 5.74) is 0.220. The fraction of sp³-hybridized carbons (Fsp3) is 0.308. The van der Waals surface area contributed by atoms with Crippen molar-refractivity contribution in [3.63, 3.8) is 0 Å². The van der Waals surface area contributed by atoms with Crippen LogP contribution in [0.5, 0.6) is 0 Å². The van der Waals surface area contributed by atoms with E-state index in [4.69, 9.17) is 11.6 Å². The van der Waals surface area contributed by atoms with Gasteiger partial charge in [-0.2, -0.15) is 13.2 Å². The van der Waals surface area contributed by atoms with Crippen molar-refractivity contribution >= 4 is 48.1 Å². The summed E-state index contributed by atoms with van der Waals surface area (Å²) in [7, 11) is -8.31. The summed E-state index contributed by atoms with van der Waals surface area (Å²) in [5, 5.41) is 1.35. The van der Waals surface area contributed by atoms with Gasteiger partial charge in [-0.3, -0.25) is 4.72 Å². The quantitative estimate of drug-likeness (QED) is 0.656. The molecule has 1 heterocycles. The minimum absolute atomic E-state index is 0.0776. The highest BCUT2D eigenvalue weighted by Crippen LogP contribution is 2.26. The van der Waals surface area contributed by atoms with E-state index in [1.54, 1.807) is 0 Å². The molecule has 0 saturated heterocycles. The SMILES string of the molecule is Cc1c(Cl)cccc1S(=O)(=O)Nc1nc(CS(=O)(=O)NCC(F)(F)F)cs1. The van der Waals surface area contributed by atoms with Crippen LogP contribution >= 0.6 is 22.9 Å². The number of anilines is 1. The van der Waals surface area contributed by atoms with Gasteiger partial charge in [0.25, 0.3) is 10.0 Å². The Hall–Kier alpha value is -1.41. The maximum Gasteiger partial charge on any atom is 0.402 e. The van der Waals surface area contributed by atoms with E-state index < -0.39 is 38.5 Å². The van der Waals surface area contributed by atoms with E-state index in [0.29, 0.717) is 5.56 Å². The van der Waals surface area contributed by atoms with Gasteiger partial charge in [-0.15, -0.1) is 11.3 Å². The first-order valence-corrected chi connectivity index (χ1v) is 11.4. The summed E-state index contributed by atoms with van der Waals surface area (Å²) in [4.78, 5) is 3.72. The number of aromatic nitrogens is 1. The molecular formula is C13H13ClF3N3O4S3. The number of benzene rings is 1. The number of sulfonamides is 2. The van der Waals surface area contributed by atoms with Gasteiger partial charge < -0.3 is 0 Å². The van der Waals surface area contributed by atoms with E-state index >= 15 is 0 Å². The largest absolute Gasteiger partial charge is 0.402 e. The van der Waals surface area contributed by atoms with Crippen molar-refractivity contribution in [1.82, 2.24) is 9.71 Å². The molecule has 0 spiro atoms. The average Bonchev–Trinajstić information content (AvgIpc) is 2.93. The zero-order chi connectivity index (χ0) is 20.5. The van der Waals surface area contributed by atoms with Crippen LogP contribution in [-0.2, 0) is 25.8 Å². The van der Waals surface area contributed by atoms with E-state index in [9.17, 15) is 30.0 Å². The lowest BCUT2D eigenvalue weighted by atomic mass is 10.2. The molecule has 0 aliphatic carbocycles. The van der Waals surface area contributed by atoms with E-state index in [2.05, 4.69) is 9.71 Å². The maximum atomic E-state index is 12.4. The highest BCUT2D eigenvalue weighted by atomic mass is 35.5. The number of hydrogen-bond donors (Lipinski definition) is 2. The summed E-state index contributed by atoms with van der Waals surface area (Å²) < 4.78 is 88.1. The number of thiazole rings is 1. The minimum Gasteiger partial charge on any atom is -0.255 e. The van der Waals surface area contributed by atoms with Crippen LogP contribution in [0.25, 0.3) is 0 Å². The third-order valence-electron chi connectivity index (χ3n) is 3.11. The Morgan fingerprint density at radius 3 is 2.52 bits per heavy atom. The number of nitrogens with one attached hydrogen (secondary N) is 2. The average molecular weight is 464 g/mol. The zero-order valence-corrected chi connectivity index (χ0v) is 16.7. The van der Waals surface area contributed by atoms with Crippen molar-refractivity contribution in [2.24, 2.45) is 0 Å². The van der Waals surface area contributed by atoms with Crippen molar-refractivity contribution in [2.45, 2.75) is 23.7 Å². The first-order chi connectivity index (χ1) is 12.3. The van der Waals surface area contributed by atoms with E-state index in [1.807, 2.05) is 0 Å². The molecule has 0 aliphatic rings. The monoisotopic (exact) mass is 463 g/mol. The second kappa shape index (κ2) is 7.91.